The predicted molar refractivity (Wildman–Crippen MR) is 125 cm³/mol. The highest BCUT2D eigenvalue weighted by molar-refractivity contribution is 6.17. The summed E-state index contributed by atoms with van der Waals surface area (Å²) in [4.78, 5) is 26.2. The molecular weight excluding hydrogens is 402 g/mol. The SMILES string of the molecule is Cc1ccc(C(=O)c2oc3ccccc3c2NC(=O)[C@@H](C)Oc2ccc(C)c(C)c2)cc1. The Bertz CT molecular complexity index is 1300. The summed E-state index contributed by atoms with van der Waals surface area (Å²) >= 11 is 0. The van der Waals surface area contributed by atoms with Gasteiger partial charge in [0.15, 0.2) is 11.9 Å². The Labute approximate surface area is 187 Å². The Hall–Kier alpha value is -3.86. The van der Waals surface area contributed by atoms with Crippen molar-refractivity contribution in [3.05, 3.63) is 94.7 Å². The molecule has 32 heavy (non-hydrogen) atoms. The van der Waals surface area contributed by atoms with E-state index in [9.17, 15) is 9.59 Å². The van der Waals surface area contributed by atoms with Gasteiger partial charge in [0.05, 0.1) is 5.69 Å². The van der Waals surface area contributed by atoms with Gasteiger partial charge in [0.25, 0.3) is 5.91 Å². The van der Waals surface area contributed by atoms with Crippen LogP contribution in [-0.4, -0.2) is 17.8 Å². The molecule has 0 aliphatic heterocycles. The van der Waals surface area contributed by atoms with Gasteiger partial charge in [-0.3, -0.25) is 9.59 Å². The quantitative estimate of drug-likeness (QED) is 0.384. The number of para-hydroxylation sites is 1. The lowest BCUT2D eigenvalue weighted by Gasteiger charge is -2.15. The summed E-state index contributed by atoms with van der Waals surface area (Å²) in [6.45, 7) is 7.64. The van der Waals surface area contributed by atoms with E-state index in [2.05, 4.69) is 5.32 Å². The van der Waals surface area contributed by atoms with Crippen molar-refractivity contribution in [1.82, 2.24) is 0 Å². The van der Waals surface area contributed by atoms with Crippen LogP contribution in [-0.2, 0) is 4.79 Å². The number of fused-ring (bicyclic) bond motifs is 1. The molecule has 1 N–H and O–H groups in total. The molecule has 0 radical (unpaired) electrons. The van der Waals surface area contributed by atoms with E-state index in [1.807, 2.05) is 69.3 Å². The van der Waals surface area contributed by atoms with E-state index in [0.29, 0.717) is 28.0 Å². The Morgan fingerprint density at radius 1 is 0.906 bits per heavy atom. The molecule has 0 saturated carbocycles. The van der Waals surface area contributed by atoms with E-state index in [-0.39, 0.29) is 17.5 Å². The third-order valence-electron chi connectivity index (χ3n) is 5.52. The lowest BCUT2D eigenvalue weighted by Crippen LogP contribution is -2.30. The minimum Gasteiger partial charge on any atom is -0.481 e. The molecule has 5 heteroatoms. The topological polar surface area (TPSA) is 68.5 Å². The highest BCUT2D eigenvalue weighted by Crippen LogP contribution is 2.33. The number of furan rings is 1. The number of hydrogen-bond donors (Lipinski definition) is 1. The van der Waals surface area contributed by atoms with E-state index in [4.69, 9.17) is 9.15 Å². The van der Waals surface area contributed by atoms with Gasteiger partial charge in [-0.1, -0.05) is 48.0 Å². The summed E-state index contributed by atoms with van der Waals surface area (Å²) in [5.41, 5.74) is 4.66. The molecule has 1 amide bonds. The first-order chi connectivity index (χ1) is 15.3. The summed E-state index contributed by atoms with van der Waals surface area (Å²) in [6, 6.07) is 20.2. The minimum absolute atomic E-state index is 0.0989. The molecular formula is C27H25NO4. The fourth-order valence-corrected chi connectivity index (χ4v) is 3.44. The van der Waals surface area contributed by atoms with Gasteiger partial charge in [-0.25, -0.2) is 0 Å². The molecule has 1 atom stereocenters. The predicted octanol–water partition coefficient (Wildman–Crippen LogP) is 6.00. The van der Waals surface area contributed by atoms with Crippen molar-refractivity contribution in [2.24, 2.45) is 0 Å². The maximum Gasteiger partial charge on any atom is 0.265 e. The van der Waals surface area contributed by atoms with E-state index in [0.717, 1.165) is 16.7 Å². The largest absolute Gasteiger partial charge is 0.481 e. The highest BCUT2D eigenvalue weighted by atomic mass is 16.5. The third kappa shape index (κ3) is 4.28. The fraction of sp³-hybridized carbons (Fsp3) is 0.185. The number of nitrogens with one attached hydrogen (secondary N) is 1. The van der Waals surface area contributed by atoms with Crippen molar-refractivity contribution >= 4 is 28.3 Å². The molecule has 4 rings (SSSR count). The maximum absolute atomic E-state index is 13.2. The number of benzene rings is 3. The Morgan fingerprint density at radius 2 is 1.62 bits per heavy atom. The molecule has 1 heterocycles. The zero-order valence-corrected chi connectivity index (χ0v) is 18.6. The minimum atomic E-state index is -0.770. The highest BCUT2D eigenvalue weighted by Gasteiger charge is 2.25. The second-order valence-corrected chi connectivity index (χ2v) is 7.99. The normalized spacial score (nSPS) is 11.9. The number of rotatable bonds is 6. The molecule has 0 bridgehead atoms. The smallest absolute Gasteiger partial charge is 0.265 e. The molecule has 0 unspecified atom stereocenters. The van der Waals surface area contributed by atoms with Crippen LogP contribution in [0.1, 0.15) is 39.7 Å². The molecule has 0 aliphatic rings. The Balaban J connectivity index is 1.63. The van der Waals surface area contributed by atoms with Crippen molar-refractivity contribution in [3.63, 3.8) is 0 Å². The van der Waals surface area contributed by atoms with E-state index in [1.54, 1.807) is 25.1 Å². The number of amides is 1. The van der Waals surface area contributed by atoms with Crippen LogP contribution in [0.4, 0.5) is 5.69 Å². The monoisotopic (exact) mass is 427 g/mol. The summed E-state index contributed by atoms with van der Waals surface area (Å²) < 4.78 is 11.7. The first-order valence-corrected chi connectivity index (χ1v) is 10.5. The molecule has 3 aromatic carbocycles. The van der Waals surface area contributed by atoms with Crippen LogP contribution < -0.4 is 10.1 Å². The number of hydrogen-bond acceptors (Lipinski definition) is 4. The van der Waals surface area contributed by atoms with Gasteiger partial charge in [0.2, 0.25) is 5.78 Å². The molecule has 162 valence electrons. The number of ether oxygens (including phenoxy) is 1. The van der Waals surface area contributed by atoms with Gasteiger partial charge in [-0.2, -0.15) is 0 Å². The number of carbonyl (C=O) groups excluding carboxylic acids is 2. The van der Waals surface area contributed by atoms with Crippen molar-refractivity contribution in [2.75, 3.05) is 5.32 Å². The number of aryl methyl sites for hydroxylation is 3. The lowest BCUT2D eigenvalue weighted by atomic mass is 10.1. The van der Waals surface area contributed by atoms with Crippen LogP contribution in [0.25, 0.3) is 11.0 Å². The number of ketones is 1. The molecule has 0 fully saturated rings. The summed E-state index contributed by atoms with van der Waals surface area (Å²) in [7, 11) is 0. The summed E-state index contributed by atoms with van der Waals surface area (Å²) in [5.74, 6) is 0.0532. The van der Waals surface area contributed by atoms with Gasteiger partial charge >= 0.3 is 0 Å². The van der Waals surface area contributed by atoms with Crippen LogP contribution in [0.15, 0.2) is 71.1 Å². The lowest BCUT2D eigenvalue weighted by molar-refractivity contribution is -0.122. The van der Waals surface area contributed by atoms with Crippen molar-refractivity contribution < 1.29 is 18.7 Å². The van der Waals surface area contributed by atoms with Crippen LogP contribution in [0.2, 0.25) is 0 Å². The first-order valence-electron chi connectivity index (χ1n) is 10.5. The standard InChI is InChI=1S/C27H25NO4/c1-16-9-12-20(13-10-16)25(29)26-24(22-7-5-6-8-23(22)32-26)28-27(30)19(4)31-21-14-11-17(2)18(3)15-21/h5-15,19H,1-4H3,(H,28,30)/t19-/m1/s1. The zero-order chi connectivity index (χ0) is 22.8. The van der Waals surface area contributed by atoms with Crippen molar-refractivity contribution in [1.29, 1.82) is 0 Å². The molecule has 0 aliphatic carbocycles. The number of carbonyl (C=O) groups is 2. The van der Waals surface area contributed by atoms with E-state index >= 15 is 0 Å². The summed E-state index contributed by atoms with van der Waals surface area (Å²) in [5, 5.41) is 3.52. The van der Waals surface area contributed by atoms with Gasteiger partial charge in [0, 0.05) is 10.9 Å². The van der Waals surface area contributed by atoms with Gasteiger partial charge in [0.1, 0.15) is 11.3 Å². The van der Waals surface area contributed by atoms with Gasteiger partial charge in [-0.05, 0) is 63.1 Å². The van der Waals surface area contributed by atoms with Crippen LogP contribution in [0.3, 0.4) is 0 Å². The van der Waals surface area contributed by atoms with E-state index in [1.165, 1.54) is 0 Å². The second kappa shape index (κ2) is 8.71. The zero-order valence-electron chi connectivity index (χ0n) is 18.6. The third-order valence-corrected chi connectivity index (χ3v) is 5.52. The number of anilines is 1. The Morgan fingerprint density at radius 3 is 2.34 bits per heavy atom. The molecule has 5 nitrogen and oxygen atoms in total. The van der Waals surface area contributed by atoms with Crippen LogP contribution in [0.5, 0.6) is 5.75 Å². The molecule has 4 aromatic rings. The summed E-state index contributed by atoms with van der Waals surface area (Å²) in [6.07, 6.45) is -0.770. The van der Waals surface area contributed by atoms with Crippen LogP contribution >= 0.6 is 0 Å². The second-order valence-electron chi connectivity index (χ2n) is 7.99. The van der Waals surface area contributed by atoms with Crippen LogP contribution in [0, 0.1) is 20.8 Å². The average Bonchev–Trinajstić information content (AvgIpc) is 3.14. The molecule has 0 spiro atoms. The van der Waals surface area contributed by atoms with Crippen molar-refractivity contribution in [2.45, 2.75) is 33.8 Å². The first kappa shape index (κ1) is 21.4. The van der Waals surface area contributed by atoms with E-state index < -0.39 is 6.10 Å². The fourth-order valence-electron chi connectivity index (χ4n) is 3.44. The van der Waals surface area contributed by atoms with Gasteiger partial charge in [-0.15, -0.1) is 0 Å². The molecule has 0 saturated heterocycles. The van der Waals surface area contributed by atoms with Crippen molar-refractivity contribution in [3.8, 4) is 5.75 Å². The Kier molecular flexibility index (Phi) is 5.82. The van der Waals surface area contributed by atoms with Gasteiger partial charge < -0.3 is 14.5 Å². The maximum atomic E-state index is 13.2. The molecule has 1 aromatic heterocycles. The average molecular weight is 428 g/mol.